The smallest absolute Gasteiger partial charge is 0.327 e. The van der Waals surface area contributed by atoms with Gasteiger partial charge >= 0.3 is 5.97 Å². The Labute approximate surface area is 112 Å². The average Bonchev–Trinajstić information content (AvgIpc) is 2.53. The number of aromatic nitrogens is 2. The normalized spacial score (nSPS) is 12.2. The van der Waals surface area contributed by atoms with Crippen molar-refractivity contribution < 1.29 is 14.7 Å². The lowest BCUT2D eigenvalue weighted by Gasteiger charge is -2.14. The van der Waals surface area contributed by atoms with Crippen molar-refractivity contribution in [2.45, 2.75) is 33.4 Å². The van der Waals surface area contributed by atoms with E-state index in [1.54, 1.807) is 4.68 Å². The second-order valence-corrected chi connectivity index (χ2v) is 4.50. The van der Waals surface area contributed by atoms with Crippen LogP contribution in [0.3, 0.4) is 0 Å². The van der Waals surface area contributed by atoms with Crippen molar-refractivity contribution in [2.24, 2.45) is 7.05 Å². The number of nitrogens with zero attached hydrogens (tertiary/aromatic N) is 2. The first kappa shape index (κ1) is 15.2. The Hall–Kier alpha value is -1.89. The van der Waals surface area contributed by atoms with Crippen LogP contribution >= 0.6 is 0 Å². The largest absolute Gasteiger partial charge is 0.480 e. The molecule has 0 aliphatic heterocycles. The van der Waals surface area contributed by atoms with Crippen molar-refractivity contribution in [3.8, 4) is 0 Å². The van der Waals surface area contributed by atoms with Crippen LogP contribution in [0, 0.1) is 13.8 Å². The van der Waals surface area contributed by atoms with Gasteiger partial charge in [-0.3, -0.25) is 9.48 Å². The summed E-state index contributed by atoms with van der Waals surface area (Å²) in [7, 11) is 1.86. The first-order valence-corrected chi connectivity index (χ1v) is 6.02. The van der Waals surface area contributed by atoms with Crippen LogP contribution < -0.4 is 10.6 Å². The Bertz CT molecular complexity index is 482. The van der Waals surface area contributed by atoms with E-state index in [-0.39, 0.29) is 12.5 Å². The highest BCUT2D eigenvalue weighted by Gasteiger charge is 2.18. The molecule has 1 heterocycles. The molecule has 0 spiro atoms. The molecule has 0 fully saturated rings. The van der Waals surface area contributed by atoms with Crippen molar-refractivity contribution >= 4 is 11.9 Å². The molecule has 0 aliphatic carbocycles. The SMILES string of the molecule is CC(=O)NC(CNCc1c(C)nn(C)c1C)C(=O)O. The van der Waals surface area contributed by atoms with Gasteiger partial charge in [-0.25, -0.2) is 4.79 Å². The number of carboxylic acid groups (broad SMARTS) is 1. The van der Waals surface area contributed by atoms with Gasteiger partial charge in [0, 0.05) is 38.3 Å². The van der Waals surface area contributed by atoms with E-state index in [0.29, 0.717) is 6.54 Å². The topological polar surface area (TPSA) is 96.3 Å². The van der Waals surface area contributed by atoms with E-state index in [1.807, 2.05) is 20.9 Å². The Morgan fingerprint density at radius 2 is 2.05 bits per heavy atom. The fraction of sp³-hybridized carbons (Fsp3) is 0.583. The van der Waals surface area contributed by atoms with Gasteiger partial charge in [-0.05, 0) is 13.8 Å². The van der Waals surface area contributed by atoms with Crippen molar-refractivity contribution in [1.29, 1.82) is 0 Å². The molecule has 106 valence electrons. The quantitative estimate of drug-likeness (QED) is 0.659. The van der Waals surface area contributed by atoms with Crippen LogP contribution in [0.2, 0.25) is 0 Å². The summed E-state index contributed by atoms with van der Waals surface area (Å²) in [5.74, 6) is -1.41. The van der Waals surface area contributed by atoms with Gasteiger partial charge < -0.3 is 15.7 Å². The van der Waals surface area contributed by atoms with Crippen LogP contribution in [-0.4, -0.2) is 39.4 Å². The summed E-state index contributed by atoms with van der Waals surface area (Å²) < 4.78 is 1.79. The first-order valence-electron chi connectivity index (χ1n) is 6.02. The van der Waals surface area contributed by atoms with Crippen LogP contribution in [0.25, 0.3) is 0 Å². The summed E-state index contributed by atoms with van der Waals surface area (Å²) in [5.41, 5.74) is 3.00. The van der Waals surface area contributed by atoms with E-state index in [0.717, 1.165) is 17.0 Å². The highest BCUT2D eigenvalue weighted by Crippen LogP contribution is 2.10. The van der Waals surface area contributed by atoms with E-state index in [2.05, 4.69) is 15.7 Å². The first-order chi connectivity index (χ1) is 8.82. The molecule has 1 aromatic rings. The highest BCUT2D eigenvalue weighted by atomic mass is 16.4. The Kier molecular flexibility index (Phi) is 5.05. The molecule has 7 heteroatoms. The summed E-state index contributed by atoms with van der Waals surface area (Å²) in [6.07, 6.45) is 0. The molecular formula is C12H20N4O3. The fourth-order valence-electron chi connectivity index (χ4n) is 1.86. The number of carboxylic acids is 1. The molecule has 0 aromatic carbocycles. The molecule has 3 N–H and O–H groups in total. The molecule has 0 bridgehead atoms. The lowest BCUT2D eigenvalue weighted by Crippen LogP contribution is -2.46. The Balaban J connectivity index is 2.57. The molecule has 0 radical (unpaired) electrons. The zero-order valence-electron chi connectivity index (χ0n) is 11.6. The molecule has 1 atom stereocenters. The number of aryl methyl sites for hydroxylation is 2. The number of hydrogen-bond acceptors (Lipinski definition) is 4. The zero-order valence-corrected chi connectivity index (χ0v) is 11.6. The second kappa shape index (κ2) is 6.33. The Morgan fingerprint density at radius 1 is 1.42 bits per heavy atom. The average molecular weight is 268 g/mol. The monoisotopic (exact) mass is 268 g/mol. The minimum absolute atomic E-state index is 0.169. The summed E-state index contributed by atoms with van der Waals surface area (Å²) in [4.78, 5) is 21.8. The van der Waals surface area contributed by atoms with Gasteiger partial charge in [-0.1, -0.05) is 0 Å². The molecule has 1 unspecified atom stereocenters. The van der Waals surface area contributed by atoms with Crippen molar-refractivity contribution in [3.63, 3.8) is 0 Å². The lowest BCUT2D eigenvalue weighted by molar-refractivity contribution is -0.141. The summed E-state index contributed by atoms with van der Waals surface area (Å²) >= 11 is 0. The third-order valence-corrected chi connectivity index (χ3v) is 2.98. The summed E-state index contributed by atoms with van der Waals surface area (Å²) in [6.45, 7) is 5.86. The summed E-state index contributed by atoms with van der Waals surface area (Å²) in [5, 5.41) is 18.7. The fourth-order valence-corrected chi connectivity index (χ4v) is 1.86. The number of rotatable bonds is 6. The van der Waals surface area contributed by atoms with Gasteiger partial charge in [-0.15, -0.1) is 0 Å². The van der Waals surface area contributed by atoms with Crippen LogP contribution in [0.5, 0.6) is 0 Å². The molecule has 7 nitrogen and oxygen atoms in total. The number of amides is 1. The van der Waals surface area contributed by atoms with Crippen LogP contribution in [0.4, 0.5) is 0 Å². The van der Waals surface area contributed by atoms with Gasteiger partial charge in [0.05, 0.1) is 5.69 Å². The van der Waals surface area contributed by atoms with Gasteiger partial charge in [0.25, 0.3) is 0 Å². The maximum atomic E-state index is 10.9. The van der Waals surface area contributed by atoms with E-state index < -0.39 is 12.0 Å². The van der Waals surface area contributed by atoms with Crippen molar-refractivity contribution in [2.75, 3.05) is 6.54 Å². The molecule has 1 rings (SSSR count). The van der Waals surface area contributed by atoms with Crippen LogP contribution in [0.15, 0.2) is 0 Å². The van der Waals surface area contributed by atoms with Gasteiger partial charge in [0.2, 0.25) is 5.91 Å². The van der Waals surface area contributed by atoms with E-state index in [9.17, 15) is 9.59 Å². The Morgan fingerprint density at radius 3 is 2.47 bits per heavy atom. The molecular weight excluding hydrogens is 248 g/mol. The molecule has 19 heavy (non-hydrogen) atoms. The molecule has 0 saturated carbocycles. The minimum atomic E-state index is -1.05. The van der Waals surface area contributed by atoms with E-state index in [4.69, 9.17) is 5.11 Å². The number of hydrogen-bond donors (Lipinski definition) is 3. The van der Waals surface area contributed by atoms with Crippen molar-refractivity contribution in [1.82, 2.24) is 20.4 Å². The standard InChI is InChI=1S/C12H20N4O3/c1-7-10(8(2)16(4)15-7)5-13-6-11(12(18)19)14-9(3)17/h11,13H,5-6H2,1-4H3,(H,14,17)(H,18,19). The van der Waals surface area contributed by atoms with E-state index >= 15 is 0 Å². The third-order valence-electron chi connectivity index (χ3n) is 2.98. The maximum absolute atomic E-state index is 10.9. The number of carbonyl (C=O) groups excluding carboxylic acids is 1. The predicted molar refractivity (Wildman–Crippen MR) is 69.6 cm³/mol. The van der Waals surface area contributed by atoms with Gasteiger partial charge in [0.15, 0.2) is 0 Å². The van der Waals surface area contributed by atoms with Crippen LogP contribution in [0.1, 0.15) is 23.9 Å². The molecule has 0 saturated heterocycles. The third kappa shape index (κ3) is 4.06. The maximum Gasteiger partial charge on any atom is 0.327 e. The lowest BCUT2D eigenvalue weighted by atomic mass is 10.2. The minimum Gasteiger partial charge on any atom is -0.480 e. The second-order valence-electron chi connectivity index (χ2n) is 4.50. The number of nitrogens with one attached hydrogen (secondary N) is 2. The van der Waals surface area contributed by atoms with Crippen molar-refractivity contribution in [3.05, 3.63) is 17.0 Å². The van der Waals surface area contributed by atoms with E-state index in [1.165, 1.54) is 6.92 Å². The molecule has 1 amide bonds. The zero-order chi connectivity index (χ0) is 14.6. The predicted octanol–water partition coefficient (Wildman–Crippen LogP) is -0.284. The van der Waals surface area contributed by atoms with Gasteiger partial charge in [-0.2, -0.15) is 5.10 Å². The summed E-state index contributed by atoms with van der Waals surface area (Å²) in [6, 6.07) is -0.921. The van der Waals surface area contributed by atoms with Gasteiger partial charge in [0.1, 0.15) is 6.04 Å². The van der Waals surface area contributed by atoms with Crippen LogP contribution in [-0.2, 0) is 23.2 Å². The molecule has 0 aliphatic rings. The number of aliphatic carboxylic acids is 1. The number of carbonyl (C=O) groups is 2. The molecule has 1 aromatic heterocycles. The highest BCUT2D eigenvalue weighted by molar-refractivity contribution is 5.82.